The number of nitrogens with two attached hydrogens (primary N) is 1. The molecule has 0 atom stereocenters. The molecule has 2 rings (SSSR count). The Hall–Kier alpha value is -1.29. The first-order chi connectivity index (χ1) is 8.18. The van der Waals surface area contributed by atoms with Gasteiger partial charge in [0.25, 0.3) is 0 Å². The van der Waals surface area contributed by atoms with E-state index in [1.54, 1.807) is 12.3 Å². The molecule has 1 aromatic heterocycles. The molecule has 0 spiro atoms. The highest BCUT2D eigenvalue weighted by atomic mass is 35.5. The fourth-order valence-corrected chi connectivity index (χ4v) is 2.31. The lowest BCUT2D eigenvalue weighted by Crippen LogP contribution is -2.21. The third-order valence-electron chi connectivity index (χ3n) is 2.98. The third kappa shape index (κ3) is 2.88. The van der Waals surface area contributed by atoms with Gasteiger partial charge in [-0.05, 0) is 31.7 Å². The number of pyridine rings is 1. The Kier molecular flexibility index (Phi) is 3.84. The van der Waals surface area contributed by atoms with Crippen molar-refractivity contribution in [3.63, 3.8) is 0 Å². The van der Waals surface area contributed by atoms with E-state index in [9.17, 15) is 0 Å². The number of nitrogen functional groups attached to an aromatic ring is 1. The second-order valence-corrected chi connectivity index (χ2v) is 4.65. The van der Waals surface area contributed by atoms with Crippen LogP contribution in [-0.4, -0.2) is 16.9 Å². The minimum Gasteiger partial charge on any atom is -0.473 e. The molecule has 0 amide bonds. The highest BCUT2D eigenvalue weighted by Gasteiger charge is 2.18. The molecule has 17 heavy (non-hydrogen) atoms. The highest BCUT2D eigenvalue weighted by Crippen LogP contribution is 2.29. The number of hydrogen-bond donors (Lipinski definition) is 2. The molecule has 0 unspecified atom stereocenters. The predicted molar refractivity (Wildman–Crippen MR) is 67.8 cm³/mol. The van der Waals surface area contributed by atoms with Crippen molar-refractivity contribution in [3.05, 3.63) is 22.8 Å². The predicted octanol–water partition coefficient (Wildman–Crippen LogP) is 2.73. The Balaban J connectivity index is 2.15. The van der Waals surface area contributed by atoms with Gasteiger partial charge in [0, 0.05) is 11.8 Å². The summed E-state index contributed by atoms with van der Waals surface area (Å²) in [6, 6.07) is 1.62. The number of nitrogens with one attached hydrogen (secondary N) is 1. The van der Waals surface area contributed by atoms with Gasteiger partial charge in [-0.2, -0.15) is 0 Å². The lowest BCUT2D eigenvalue weighted by molar-refractivity contribution is 0.149. The van der Waals surface area contributed by atoms with Crippen LogP contribution in [0.15, 0.2) is 12.3 Å². The first-order valence-corrected chi connectivity index (χ1v) is 6.22. The summed E-state index contributed by atoms with van der Waals surface area (Å²) in [5.41, 5.74) is 5.91. The molecule has 1 aliphatic rings. The van der Waals surface area contributed by atoms with Crippen molar-refractivity contribution < 1.29 is 4.74 Å². The molecule has 0 aliphatic heterocycles. The molecule has 1 aliphatic carbocycles. The van der Waals surface area contributed by atoms with E-state index in [0.717, 1.165) is 12.8 Å². The first-order valence-electron chi connectivity index (χ1n) is 5.84. The van der Waals surface area contributed by atoms with Crippen LogP contribution in [0.1, 0.15) is 37.7 Å². The van der Waals surface area contributed by atoms with Crippen LogP contribution < -0.4 is 10.5 Å². The summed E-state index contributed by atoms with van der Waals surface area (Å²) in [7, 11) is 0. The van der Waals surface area contributed by atoms with Crippen LogP contribution in [0.25, 0.3) is 0 Å². The van der Waals surface area contributed by atoms with Crippen LogP contribution in [0.2, 0.25) is 5.02 Å². The van der Waals surface area contributed by atoms with E-state index in [2.05, 4.69) is 4.98 Å². The van der Waals surface area contributed by atoms with E-state index in [4.69, 9.17) is 27.5 Å². The van der Waals surface area contributed by atoms with Crippen molar-refractivity contribution in [2.45, 2.75) is 38.2 Å². The Morgan fingerprint density at radius 3 is 2.76 bits per heavy atom. The van der Waals surface area contributed by atoms with Gasteiger partial charge in [0.15, 0.2) is 0 Å². The number of halogens is 1. The van der Waals surface area contributed by atoms with E-state index in [-0.39, 0.29) is 11.9 Å². The standard InChI is InChI=1S/C12H16ClN3O/c13-10-9(11(14)15)6-7-16-12(10)17-8-4-2-1-3-5-8/h6-8H,1-5H2,(H3,14,15). The van der Waals surface area contributed by atoms with Crippen LogP contribution in [-0.2, 0) is 0 Å². The van der Waals surface area contributed by atoms with Gasteiger partial charge < -0.3 is 10.5 Å². The molecule has 1 fully saturated rings. The van der Waals surface area contributed by atoms with Gasteiger partial charge in [0.1, 0.15) is 17.0 Å². The number of rotatable bonds is 3. The molecule has 1 aromatic rings. The fraction of sp³-hybridized carbons (Fsp3) is 0.500. The molecular formula is C12H16ClN3O. The maximum atomic E-state index is 7.40. The summed E-state index contributed by atoms with van der Waals surface area (Å²) in [5, 5.41) is 7.74. The van der Waals surface area contributed by atoms with Crippen molar-refractivity contribution in [3.8, 4) is 5.88 Å². The number of hydrogen-bond acceptors (Lipinski definition) is 3. The van der Waals surface area contributed by atoms with Crippen LogP contribution in [0.4, 0.5) is 0 Å². The fourth-order valence-electron chi connectivity index (χ4n) is 2.06. The number of aromatic nitrogens is 1. The van der Waals surface area contributed by atoms with Crippen molar-refractivity contribution in [1.29, 1.82) is 5.41 Å². The Morgan fingerprint density at radius 1 is 1.41 bits per heavy atom. The largest absolute Gasteiger partial charge is 0.473 e. The summed E-state index contributed by atoms with van der Waals surface area (Å²) in [4.78, 5) is 4.11. The smallest absolute Gasteiger partial charge is 0.233 e. The number of ether oxygens (including phenoxy) is 1. The van der Waals surface area contributed by atoms with Crippen molar-refractivity contribution in [1.82, 2.24) is 4.98 Å². The van der Waals surface area contributed by atoms with Gasteiger partial charge in [-0.25, -0.2) is 4.98 Å². The van der Waals surface area contributed by atoms with Crippen molar-refractivity contribution >= 4 is 17.4 Å². The summed E-state index contributed by atoms with van der Waals surface area (Å²) in [5.74, 6) is 0.331. The van der Waals surface area contributed by atoms with Gasteiger partial charge in [-0.3, -0.25) is 5.41 Å². The maximum absolute atomic E-state index is 7.40. The molecule has 0 bridgehead atoms. The summed E-state index contributed by atoms with van der Waals surface area (Å²) in [6.45, 7) is 0. The molecule has 92 valence electrons. The van der Waals surface area contributed by atoms with E-state index < -0.39 is 0 Å². The molecular weight excluding hydrogens is 238 g/mol. The SMILES string of the molecule is N=C(N)c1ccnc(OC2CCCCC2)c1Cl. The zero-order chi connectivity index (χ0) is 12.3. The summed E-state index contributed by atoms with van der Waals surface area (Å²) >= 11 is 6.11. The number of nitrogens with zero attached hydrogens (tertiary/aromatic N) is 1. The monoisotopic (exact) mass is 253 g/mol. The number of amidine groups is 1. The molecule has 0 aromatic carbocycles. The van der Waals surface area contributed by atoms with Crippen molar-refractivity contribution in [2.24, 2.45) is 5.73 Å². The first kappa shape index (κ1) is 12.2. The Morgan fingerprint density at radius 2 is 2.12 bits per heavy atom. The zero-order valence-corrected chi connectivity index (χ0v) is 10.3. The normalized spacial score (nSPS) is 16.8. The molecule has 5 heteroatoms. The second kappa shape index (κ2) is 5.36. The molecule has 1 heterocycles. The van der Waals surface area contributed by atoms with Gasteiger partial charge in [-0.1, -0.05) is 18.0 Å². The van der Waals surface area contributed by atoms with E-state index >= 15 is 0 Å². The Labute approximate surface area is 106 Å². The third-order valence-corrected chi connectivity index (χ3v) is 3.34. The Bertz CT molecular complexity index is 416. The van der Waals surface area contributed by atoms with Gasteiger partial charge in [-0.15, -0.1) is 0 Å². The average Bonchev–Trinajstić information content (AvgIpc) is 2.33. The van der Waals surface area contributed by atoms with Crippen molar-refractivity contribution in [2.75, 3.05) is 0 Å². The van der Waals surface area contributed by atoms with Gasteiger partial charge >= 0.3 is 0 Å². The molecule has 0 saturated heterocycles. The van der Waals surface area contributed by atoms with E-state index in [1.807, 2.05) is 0 Å². The lowest BCUT2D eigenvalue weighted by Gasteiger charge is -2.23. The van der Waals surface area contributed by atoms with Crippen LogP contribution in [0, 0.1) is 5.41 Å². The van der Waals surface area contributed by atoms with Gasteiger partial charge in [0.2, 0.25) is 5.88 Å². The summed E-state index contributed by atoms with van der Waals surface area (Å²) < 4.78 is 5.78. The highest BCUT2D eigenvalue weighted by molar-refractivity contribution is 6.35. The van der Waals surface area contributed by atoms with E-state index in [1.165, 1.54) is 19.3 Å². The van der Waals surface area contributed by atoms with Gasteiger partial charge in [0.05, 0.1) is 0 Å². The van der Waals surface area contributed by atoms with Crippen LogP contribution in [0.3, 0.4) is 0 Å². The summed E-state index contributed by atoms with van der Waals surface area (Å²) in [6.07, 6.45) is 7.50. The zero-order valence-electron chi connectivity index (χ0n) is 9.58. The topological polar surface area (TPSA) is 72.0 Å². The lowest BCUT2D eigenvalue weighted by atomic mass is 9.98. The van der Waals surface area contributed by atoms with Crippen LogP contribution in [0.5, 0.6) is 5.88 Å². The second-order valence-electron chi connectivity index (χ2n) is 4.27. The molecule has 4 nitrogen and oxygen atoms in total. The molecule has 3 N–H and O–H groups in total. The van der Waals surface area contributed by atoms with Crippen LogP contribution >= 0.6 is 11.6 Å². The molecule has 0 radical (unpaired) electrons. The minimum absolute atomic E-state index is 0.0640. The average molecular weight is 254 g/mol. The molecule has 1 saturated carbocycles. The quantitative estimate of drug-likeness (QED) is 0.643. The minimum atomic E-state index is -0.0640. The van der Waals surface area contributed by atoms with E-state index in [0.29, 0.717) is 16.5 Å². The maximum Gasteiger partial charge on any atom is 0.233 e.